The first kappa shape index (κ1) is 16.9. The summed E-state index contributed by atoms with van der Waals surface area (Å²) in [5.74, 6) is 0.872. The molecule has 3 aromatic rings. The minimum atomic E-state index is -0.127. The maximum absolute atomic E-state index is 12.1. The predicted octanol–water partition coefficient (Wildman–Crippen LogP) is 4.36. The molecule has 0 saturated carbocycles. The van der Waals surface area contributed by atoms with Gasteiger partial charge in [0.25, 0.3) is 0 Å². The quantitative estimate of drug-likeness (QED) is 0.715. The molecule has 0 spiro atoms. The number of aromatic nitrogens is 2. The van der Waals surface area contributed by atoms with Gasteiger partial charge >= 0.3 is 0 Å². The molecular formula is C19H17ClN4O. The highest BCUT2D eigenvalue weighted by molar-refractivity contribution is 6.30. The maximum Gasteiger partial charge on any atom is 0.229 e. The molecule has 0 aliphatic heterocycles. The molecule has 126 valence electrons. The number of anilines is 3. The minimum absolute atomic E-state index is 0.127. The van der Waals surface area contributed by atoms with E-state index in [4.69, 9.17) is 11.6 Å². The van der Waals surface area contributed by atoms with E-state index in [0.717, 1.165) is 16.8 Å². The Morgan fingerprint density at radius 3 is 2.40 bits per heavy atom. The summed E-state index contributed by atoms with van der Waals surface area (Å²) in [6, 6.07) is 18.6. The Labute approximate surface area is 151 Å². The van der Waals surface area contributed by atoms with Crippen molar-refractivity contribution in [2.75, 3.05) is 10.6 Å². The van der Waals surface area contributed by atoms with E-state index in [0.29, 0.717) is 23.1 Å². The fourth-order valence-corrected chi connectivity index (χ4v) is 2.47. The van der Waals surface area contributed by atoms with Gasteiger partial charge in [-0.15, -0.1) is 10.2 Å². The zero-order valence-electron chi connectivity index (χ0n) is 13.7. The molecule has 0 atom stereocenters. The van der Waals surface area contributed by atoms with Gasteiger partial charge in [0, 0.05) is 10.7 Å². The van der Waals surface area contributed by atoms with Gasteiger partial charge in [0.15, 0.2) is 11.6 Å². The Morgan fingerprint density at radius 1 is 1.00 bits per heavy atom. The second kappa shape index (κ2) is 7.77. The largest absolute Gasteiger partial charge is 0.339 e. The standard InChI is InChI=1S/C19H17ClN4O/c1-13-3-2-4-14(11-13)12-19(25)22-18-10-9-17(23-24-18)21-16-7-5-15(20)6-8-16/h2-11H,12H2,1H3,(H,21,23)(H,22,24,25). The van der Waals surface area contributed by atoms with Crippen molar-refractivity contribution in [1.82, 2.24) is 10.2 Å². The number of nitrogens with one attached hydrogen (secondary N) is 2. The minimum Gasteiger partial charge on any atom is -0.339 e. The highest BCUT2D eigenvalue weighted by atomic mass is 35.5. The van der Waals surface area contributed by atoms with Gasteiger partial charge in [-0.2, -0.15) is 0 Å². The summed E-state index contributed by atoms with van der Waals surface area (Å²) < 4.78 is 0. The SMILES string of the molecule is Cc1cccc(CC(=O)Nc2ccc(Nc3ccc(Cl)cc3)nn2)c1. The number of carbonyl (C=O) groups is 1. The van der Waals surface area contributed by atoms with E-state index in [2.05, 4.69) is 20.8 Å². The summed E-state index contributed by atoms with van der Waals surface area (Å²) in [5, 5.41) is 14.6. The van der Waals surface area contributed by atoms with Crippen molar-refractivity contribution >= 4 is 34.8 Å². The molecule has 3 rings (SSSR count). The van der Waals surface area contributed by atoms with Crippen LogP contribution in [0, 0.1) is 6.92 Å². The Morgan fingerprint density at radius 2 is 1.72 bits per heavy atom. The lowest BCUT2D eigenvalue weighted by molar-refractivity contribution is -0.115. The second-order valence-electron chi connectivity index (χ2n) is 5.65. The normalized spacial score (nSPS) is 10.3. The second-order valence-corrected chi connectivity index (χ2v) is 6.09. The first-order chi connectivity index (χ1) is 12.1. The van der Waals surface area contributed by atoms with Crippen LogP contribution >= 0.6 is 11.6 Å². The van der Waals surface area contributed by atoms with Gasteiger partial charge in [0.05, 0.1) is 6.42 Å². The van der Waals surface area contributed by atoms with Crippen molar-refractivity contribution < 1.29 is 4.79 Å². The van der Waals surface area contributed by atoms with Crippen LogP contribution in [-0.2, 0) is 11.2 Å². The number of hydrogen-bond acceptors (Lipinski definition) is 4. The van der Waals surface area contributed by atoms with Gasteiger partial charge < -0.3 is 10.6 Å². The lowest BCUT2D eigenvalue weighted by atomic mass is 10.1. The Hall–Kier alpha value is -2.92. The zero-order valence-corrected chi connectivity index (χ0v) is 14.4. The van der Waals surface area contributed by atoms with Crippen molar-refractivity contribution in [3.63, 3.8) is 0 Å². The molecule has 2 aromatic carbocycles. The summed E-state index contributed by atoms with van der Waals surface area (Å²) in [5.41, 5.74) is 2.95. The van der Waals surface area contributed by atoms with Crippen LogP contribution in [0.5, 0.6) is 0 Å². The fourth-order valence-electron chi connectivity index (χ4n) is 2.34. The monoisotopic (exact) mass is 352 g/mol. The van der Waals surface area contributed by atoms with Gasteiger partial charge in [0.1, 0.15) is 0 Å². The van der Waals surface area contributed by atoms with E-state index in [1.165, 1.54) is 0 Å². The van der Waals surface area contributed by atoms with E-state index in [9.17, 15) is 4.79 Å². The highest BCUT2D eigenvalue weighted by Gasteiger charge is 2.06. The molecule has 0 aliphatic carbocycles. The molecule has 1 aromatic heterocycles. The molecule has 0 aliphatic rings. The van der Waals surface area contributed by atoms with Crippen LogP contribution in [0.25, 0.3) is 0 Å². The van der Waals surface area contributed by atoms with Crippen LogP contribution in [0.1, 0.15) is 11.1 Å². The van der Waals surface area contributed by atoms with E-state index in [1.54, 1.807) is 24.3 Å². The topological polar surface area (TPSA) is 66.9 Å². The number of hydrogen-bond donors (Lipinski definition) is 2. The molecule has 5 nitrogen and oxygen atoms in total. The molecule has 0 unspecified atom stereocenters. The molecule has 0 fully saturated rings. The van der Waals surface area contributed by atoms with Gasteiger partial charge in [-0.25, -0.2) is 0 Å². The van der Waals surface area contributed by atoms with Crippen LogP contribution in [0.4, 0.5) is 17.3 Å². The fraction of sp³-hybridized carbons (Fsp3) is 0.105. The molecular weight excluding hydrogens is 336 g/mol. The van der Waals surface area contributed by atoms with Crippen molar-refractivity contribution in [3.8, 4) is 0 Å². The molecule has 2 N–H and O–H groups in total. The van der Waals surface area contributed by atoms with Crippen molar-refractivity contribution in [3.05, 3.63) is 76.8 Å². The third-order valence-electron chi connectivity index (χ3n) is 3.50. The summed E-state index contributed by atoms with van der Waals surface area (Å²) in [4.78, 5) is 12.1. The number of carbonyl (C=O) groups excluding carboxylic acids is 1. The van der Waals surface area contributed by atoms with E-state index >= 15 is 0 Å². The number of benzene rings is 2. The molecule has 1 amide bonds. The lowest BCUT2D eigenvalue weighted by Crippen LogP contribution is -2.15. The molecule has 0 saturated heterocycles. The summed E-state index contributed by atoms with van der Waals surface area (Å²) in [7, 11) is 0. The van der Waals surface area contributed by atoms with Crippen LogP contribution in [0.15, 0.2) is 60.7 Å². The summed E-state index contributed by atoms with van der Waals surface area (Å²) in [6.07, 6.45) is 0.300. The average Bonchev–Trinajstić information content (AvgIpc) is 2.59. The van der Waals surface area contributed by atoms with Crippen molar-refractivity contribution in [1.29, 1.82) is 0 Å². The first-order valence-corrected chi connectivity index (χ1v) is 8.18. The van der Waals surface area contributed by atoms with Gasteiger partial charge in [-0.05, 0) is 48.9 Å². The molecule has 6 heteroatoms. The highest BCUT2D eigenvalue weighted by Crippen LogP contribution is 2.17. The number of aryl methyl sites for hydroxylation is 1. The predicted molar refractivity (Wildman–Crippen MR) is 100 cm³/mol. The number of amides is 1. The van der Waals surface area contributed by atoms with Crippen LogP contribution in [-0.4, -0.2) is 16.1 Å². The van der Waals surface area contributed by atoms with Crippen molar-refractivity contribution in [2.45, 2.75) is 13.3 Å². The zero-order chi connectivity index (χ0) is 17.6. The summed E-state index contributed by atoms with van der Waals surface area (Å²) in [6.45, 7) is 2.00. The van der Waals surface area contributed by atoms with E-state index < -0.39 is 0 Å². The smallest absolute Gasteiger partial charge is 0.229 e. The van der Waals surface area contributed by atoms with Crippen LogP contribution < -0.4 is 10.6 Å². The first-order valence-electron chi connectivity index (χ1n) is 7.80. The average molecular weight is 353 g/mol. The van der Waals surface area contributed by atoms with Crippen LogP contribution in [0.3, 0.4) is 0 Å². The van der Waals surface area contributed by atoms with Gasteiger partial charge in [-0.3, -0.25) is 4.79 Å². The summed E-state index contributed by atoms with van der Waals surface area (Å²) >= 11 is 5.85. The van der Waals surface area contributed by atoms with Crippen LogP contribution in [0.2, 0.25) is 5.02 Å². The molecule has 0 bridgehead atoms. The van der Waals surface area contributed by atoms with Gasteiger partial charge in [-0.1, -0.05) is 41.4 Å². The Balaban J connectivity index is 1.58. The van der Waals surface area contributed by atoms with E-state index in [1.807, 2.05) is 43.3 Å². The molecule has 0 radical (unpaired) electrons. The Bertz CT molecular complexity index is 863. The number of nitrogens with zero attached hydrogens (tertiary/aromatic N) is 2. The lowest BCUT2D eigenvalue weighted by Gasteiger charge is -2.07. The number of rotatable bonds is 5. The molecule has 25 heavy (non-hydrogen) atoms. The van der Waals surface area contributed by atoms with E-state index in [-0.39, 0.29) is 5.91 Å². The Kier molecular flexibility index (Phi) is 5.26. The third kappa shape index (κ3) is 5.02. The van der Waals surface area contributed by atoms with Crippen molar-refractivity contribution in [2.24, 2.45) is 0 Å². The maximum atomic E-state index is 12.1. The third-order valence-corrected chi connectivity index (χ3v) is 3.75. The van der Waals surface area contributed by atoms with Gasteiger partial charge in [0.2, 0.25) is 5.91 Å². The molecule has 1 heterocycles. The number of halogens is 1.